The molecule has 2 aromatic carbocycles. The van der Waals surface area contributed by atoms with Crippen molar-refractivity contribution in [2.24, 2.45) is 0 Å². The van der Waals surface area contributed by atoms with Crippen molar-refractivity contribution in [2.45, 2.75) is 45.7 Å². The van der Waals surface area contributed by atoms with Crippen LogP contribution in [0.1, 0.15) is 56.0 Å². The van der Waals surface area contributed by atoms with Crippen LogP contribution in [0.3, 0.4) is 0 Å². The van der Waals surface area contributed by atoms with E-state index in [0.29, 0.717) is 11.8 Å². The van der Waals surface area contributed by atoms with Gasteiger partial charge in [-0.1, -0.05) is 50.2 Å². The number of phenolic OH excluding ortho intramolecular Hbond substituents is 1. The molecular formula is C19H25NO. The van der Waals surface area contributed by atoms with Crippen LogP contribution >= 0.6 is 0 Å². The van der Waals surface area contributed by atoms with Gasteiger partial charge in [-0.15, -0.1) is 0 Å². The molecule has 2 N–H and O–H groups in total. The zero-order valence-corrected chi connectivity index (χ0v) is 13.1. The van der Waals surface area contributed by atoms with Gasteiger partial charge in [0, 0.05) is 12.1 Å². The molecule has 0 aliphatic heterocycles. The highest BCUT2D eigenvalue weighted by Gasteiger charge is 2.14. The molecule has 0 aromatic heterocycles. The molecule has 0 aliphatic rings. The lowest BCUT2D eigenvalue weighted by Gasteiger charge is -2.23. The first-order valence-electron chi connectivity index (χ1n) is 7.77. The number of aryl methyl sites for hydroxylation is 1. The van der Waals surface area contributed by atoms with Crippen molar-refractivity contribution in [3.8, 4) is 5.75 Å². The highest BCUT2D eigenvalue weighted by molar-refractivity contribution is 5.30. The van der Waals surface area contributed by atoms with E-state index in [1.807, 2.05) is 18.2 Å². The van der Waals surface area contributed by atoms with Crippen molar-refractivity contribution in [1.82, 2.24) is 5.32 Å². The molecule has 0 radical (unpaired) electrons. The van der Waals surface area contributed by atoms with Gasteiger partial charge in [-0.3, -0.25) is 0 Å². The van der Waals surface area contributed by atoms with E-state index in [9.17, 15) is 5.11 Å². The first kappa shape index (κ1) is 15.6. The van der Waals surface area contributed by atoms with E-state index in [-0.39, 0.29) is 6.04 Å². The monoisotopic (exact) mass is 283 g/mol. The number of benzene rings is 2. The summed E-state index contributed by atoms with van der Waals surface area (Å²) in [7, 11) is 0. The molecule has 0 saturated carbocycles. The molecule has 0 heterocycles. The molecule has 2 atom stereocenters. The Morgan fingerprint density at radius 3 is 2.29 bits per heavy atom. The molecule has 21 heavy (non-hydrogen) atoms. The second-order valence-electron chi connectivity index (χ2n) is 5.54. The third-order valence-corrected chi connectivity index (χ3v) is 4.02. The van der Waals surface area contributed by atoms with E-state index in [1.165, 1.54) is 11.1 Å². The van der Waals surface area contributed by atoms with Gasteiger partial charge in [-0.2, -0.15) is 0 Å². The average Bonchev–Trinajstić information content (AvgIpc) is 2.52. The van der Waals surface area contributed by atoms with Crippen LogP contribution in [-0.2, 0) is 6.42 Å². The third kappa shape index (κ3) is 4.08. The molecule has 2 unspecified atom stereocenters. The maximum absolute atomic E-state index is 9.60. The summed E-state index contributed by atoms with van der Waals surface area (Å²) >= 11 is 0. The Hall–Kier alpha value is -1.80. The Balaban J connectivity index is 2.10. The van der Waals surface area contributed by atoms with Crippen LogP contribution in [0.25, 0.3) is 0 Å². The fourth-order valence-electron chi connectivity index (χ4n) is 2.63. The first-order chi connectivity index (χ1) is 10.1. The normalized spacial score (nSPS) is 13.9. The van der Waals surface area contributed by atoms with Gasteiger partial charge in [-0.25, -0.2) is 0 Å². The Bertz CT molecular complexity index is 562. The zero-order chi connectivity index (χ0) is 15.2. The minimum atomic E-state index is 0.202. The predicted molar refractivity (Wildman–Crippen MR) is 88.5 cm³/mol. The van der Waals surface area contributed by atoms with E-state index < -0.39 is 0 Å². The second kappa shape index (κ2) is 7.28. The number of nitrogens with one attached hydrogen (secondary N) is 1. The lowest BCUT2D eigenvalue weighted by molar-refractivity contribution is 0.449. The Kier molecular flexibility index (Phi) is 5.40. The van der Waals surface area contributed by atoms with Crippen LogP contribution in [0, 0.1) is 0 Å². The van der Waals surface area contributed by atoms with Crippen LogP contribution in [0.5, 0.6) is 5.75 Å². The summed E-state index contributed by atoms with van der Waals surface area (Å²) in [5.74, 6) is 0.321. The number of phenols is 1. The van der Waals surface area contributed by atoms with Gasteiger partial charge in [-0.05, 0) is 48.6 Å². The number of rotatable bonds is 6. The van der Waals surface area contributed by atoms with Crippen LogP contribution in [0.15, 0.2) is 48.5 Å². The highest BCUT2D eigenvalue weighted by atomic mass is 16.3. The van der Waals surface area contributed by atoms with Crippen molar-refractivity contribution in [2.75, 3.05) is 0 Å². The minimum absolute atomic E-state index is 0.202. The summed E-state index contributed by atoms with van der Waals surface area (Å²) in [5, 5.41) is 13.3. The molecule has 2 heteroatoms. The van der Waals surface area contributed by atoms with Gasteiger partial charge >= 0.3 is 0 Å². The second-order valence-corrected chi connectivity index (χ2v) is 5.54. The smallest absolute Gasteiger partial charge is 0.115 e. The van der Waals surface area contributed by atoms with E-state index >= 15 is 0 Å². The predicted octanol–water partition coefficient (Wildman–Crippen LogP) is 4.76. The standard InChI is InChI=1S/C19H25NO/c1-4-15-9-11-16(12-10-15)19(5-2)20-14(3)17-7-6-8-18(21)13-17/h6-14,19-21H,4-5H2,1-3H3. The van der Waals surface area contributed by atoms with Gasteiger partial charge in [0.15, 0.2) is 0 Å². The van der Waals surface area contributed by atoms with Crippen LogP contribution in [0.2, 0.25) is 0 Å². The maximum Gasteiger partial charge on any atom is 0.115 e. The van der Waals surface area contributed by atoms with E-state index in [0.717, 1.165) is 18.4 Å². The van der Waals surface area contributed by atoms with Crippen molar-refractivity contribution < 1.29 is 5.11 Å². The summed E-state index contributed by atoms with van der Waals surface area (Å²) in [6, 6.07) is 16.8. The van der Waals surface area contributed by atoms with Gasteiger partial charge in [0.2, 0.25) is 0 Å². The summed E-state index contributed by atoms with van der Waals surface area (Å²) < 4.78 is 0. The minimum Gasteiger partial charge on any atom is -0.508 e. The number of hydrogen-bond acceptors (Lipinski definition) is 2. The Labute approximate surface area is 127 Å². The topological polar surface area (TPSA) is 32.3 Å². The van der Waals surface area contributed by atoms with Gasteiger partial charge in [0.25, 0.3) is 0 Å². The number of aromatic hydroxyl groups is 1. The zero-order valence-electron chi connectivity index (χ0n) is 13.1. The summed E-state index contributed by atoms with van der Waals surface area (Å²) in [6.07, 6.45) is 2.11. The van der Waals surface area contributed by atoms with Crippen molar-refractivity contribution in [1.29, 1.82) is 0 Å². The van der Waals surface area contributed by atoms with Crippen molar-refractivity contribution in [3.05, 3.63) is 65.2 Å². The average molecular weight is 283 g/mol. The van der Waals surface area contributed by atoms with E-state index in [1.54, 1.807) is 6.07 Å². The fourth-order valence-corrected chi connectivity index (χ4v) is 2.63. The van der Waals surface area contributed by atoms with Gasteiger partial charge in [0.1, 0.15) is 5.75 Å². The number of hydrogen-bond donors (Lipinski definition) is 2. The summed E-state index contributed by atoms with van der Waals surface area (Å²) in [5.41, 5.74) is 3.80. The van der Waals surface area contributed by atoms with E-state index in [4.69, 9.17) is 0 Å². The molecule has 112 valence electrons. The molecule has 0 fully saturated rings. The Morgan fingerprint density at radius 1 is 1.00 bits per heavy atom. The lowest BCUT2D eigenvalue weighted by atomic mass is 9.99. The molecule has 0 spiro atoms. The van der Waals surface area contributed by atoms with Gasteiger partial charge < -0.3 is 10.4 Å². The lowest BCUT2D eigenvalue weighted by Crippen LogP contribution is -2.24. The largest absolute Gasteiger partial charge is 0.508 e. The molecular weight excluding hydrogens is 258 g/mol. The fraction of sp³-hybridized carbons (Fsp3) is 0.368. The van der Waals surface area contributed by atoms with Crippen LogP contribution in [-0.4, -0.2) is 5.11 Å². The summed E-state index contributed by atoms with van der Waals surface area (Å²) in [6.45, 7) is 6.51. The molecule has 2 rings (SSSR count). The van der Waals surface area contributed by atoms with E-state index in [2.05, 4.69) is 50.4 Å². The SMILES string of the molecule is CCc1ccc(C(CC)NC(C)c2cccc(O)c2)cc1. The molecule has 0 amide bonds. The van der Waals surface area contributed by atoms with Crippen molar-refractivity contribution >= 4 is 0 Å². The molecule has 2 nitrogen and oxygen atoms in total. The van der Waals surface area contributed by atoms with Gasteiger partial charge in [0.05, 0.1) is 0 Å². The molecule has 0 saturated heterocycles. The third-order valence-electron chi connectivity index (χ3n) is 4.02. The molecule has 0 aliphatic carbocycles. The molecule has 0 bridgehead atoms. The quantitative estimate of drug-likeness (QED) is 0.801. The Morgan fingerprint density at radius 2 is 1.71 bits per heavy atom. The maximum atomic E-state index is 9.60. The first-order valence-corrected chi connectivity index (χ1v) is 7.77. The molecule has 2 aromatic rings. The van der Waals surface area contributed by atoms with Crippen LogP contribution < -0.4 is 5.32 Å². The summed E-state index contributed by atoms with van der Waals surface area (Å²) in [4.78, 5) is 0. The van der Waals surface area contributed by atoms with Crippen LogP contribution in [0.4, 0.5) is 0 Å². The van der Waals surface area contributed by atoms with Crippen molar-refractivity contribution in [3.63, 3.8) is 0 Å². The highest BCUT2D eigenvalue weighted by Crippen LogP contribution is 2.24.